The lowest BCUT2D eigenvalue weighted by Gasteiger charge is -2.04. The zero-order chi connectivity index (χ0) is 10.3. The molecule has 2 aromatic rings. The van der Waals surface area contributed by atoms with Crippen LogP contribution in [0.3, 0.4) is 0 Å². The number of phenols is 1. The highest BCUT2D eigenvalue weighted by Gasteiger charge is 2.10. The first-order valence-corrected chi connectivity index (χ1v) is 5.38. The molecule has 14 heavy (non-hydrogen) atoms. The number of hydrogen-bond donors (Lipinski definition) is 2. The highest BCUT2D eigenvalue weighted by Crippen LogP contribution is 2.34. The fourth-order valence-corrected chi connectivity index (χ4v) is 2.63. The van der Waals surface area contributed by atoms with Crippen LogP contribution in [-0.2, 0) is 0 Å². The number of aromatic amines is 1. The summed E-state index contributed by atoms with van der Waals surface area (Å²) in [5.74, 6) is 0.0425. The van der Waals surface area contributed by atoms with Gasteiger partial charge in [0.05, 0.1) is 15.4 Å². The van der Waals surface area contributed by atoms with Gasteiger partial charge in [-0.05, 0) is 37.9 Å². The molecule has 1 heterocycles. The van der Waals surface area contributed by atoms with Crippen molar-refractivity contribution in [2.45, 2.75) is 0 Å². The van der Waals surface area contributed by atoms with Gasteiger partial charge in [-0.2, -0.15) is 0 Å². The van der Waals surface area contributed by atoms with Gasteiger partial charge in [-0.3, -0.25) is 4.79 Å². The first kappa shape index (κ1) is 9.73. The van der Waals surface area contributed by atoms with E-state index in [2.05, 4.69) is 36.8 Å². The summed E-state index contributed by atoms with van der Waals surface area (Å²) >= 11 is 6.46. The highest BCUT2D eigenvalue weighted by atomic mass is 79.9. The van der Waals surface area contributed by atoms with Crippen LogP contribution in [0.4, 0.5) is 0 Å². The molecule has 1 aromatic carbocycles. The monoisotopic (exact) mass is 317 g/mol. The van der Waals surface area contributed by atoms with E-state index >= 15 is 0 Å². The van der Waals surface area contributed by atoms with Crippen LogP contribution in [0.1, 0.15) is 0 Å². The Balaban J connectivity index is 3.10. The SMILES string of the molecule is O=c1cc[nH]c2c(O)c(Br)cc(Br)c12. The molecule has 0 bridgehead atoms. The van der Waals surface area contributed by atoms with Gasteiger partial charge in [0, 0.05) is 16.7 Å². The van der Waals surface area contributed by atoms with E-state index in [0.29, 0.717) is 19.8 Å². The third kappa shape index (κ3) is 1.36. The van der Waals surface area contributed by atoms with E-state index in [1.807, 2.05) is 0 Å². The van der Waals surface area contributed by atoms with Crippen molar-refractivity contribution >= 4 is 42.8 Å². The van der Waals surface area contributed by atoms with E-state index in [4.69, 9.17) is 0 Å². The number of hydrogen-bond acceptors (Lipinski definition) is 2. The van der Waals surface area contributed by atoms with Crippen LogP contribution in [0.25, 0.3) is 10.9 Å². The van der Waals surface area contributed by atoms with Gasteiger partial charge >= 0.3 is 0 Å². The molecule has 0 amide bonds. The maximum atomic E-state index is 11.5. The van der Waals surface area contributed by atoms with Gasteiger partial charge in [-0.25, -0.2) is 0 Å². The van der Waals surface area contributed by atoms with E-state index in [9.17, 15) is 9.90 Å². The number of H-pyrrole nitrogens is 1. The van der Waals surface area contributed by atoms with Crippen molar-refractivity contribution in [2.24, 2.45) is 0 Å². The number of fused-ring (bicyclic) bond motifs is 1. The smallest absolute Gasteiger partial charge is 0.190 e. The first-order valence-electron chi connectivity index (χ1n) is 3.79. The molecule has 2 N–H and O–H groups in total. The molecule has 3 nitrogen and oxygen atoms in total. The van der Waals surface area contributed by atoms with E-state index in [-0.39, 0.29) is 11.2 Å². The molecule has 0 saturated heterocycles. The zero-order valence-corrected chi connectivity index (χ0v) is 10.0. The second-order valence-corrected chi connectivity index (χ2v) is 4.49. The van der Waals surface area contributed by atoms with Gasteiger partial charge in [0.15, 0.2) is 11.2 Å². The second-order valence-electron chi connectivity index (χ2n) is 2.78. The predicted molar refractivity (Wildman–Crippen MR) is 61.6 cm³/mol. The van der Waals surface area contributed by atoms with Gasteiger partial charge in [-0.1, -0.05) is 0 Å². The summed E-state index contributed by atoms with van der Waals surface area (Å²) in [6, 6.07) is 3.06. The van der Waals surface area contributed by atoms with E-state index < -0.39 is 0 Å². The quantitative estimate of drug-likeness (QED) is 0.784. The van der Waals surface area contributed by atoms with Gasteiger partial charge in [-0.15, -0.1) is 0 Å². The number of aromatic hydroxyl groups is 1. The molecule has 0 aliphatic carbocycles. The standard InChI is InChI=1S/C9H5Br2NO2/c10-4-3-5(11)9(14)8-7(4)6(13)1-2-12-8/h1-3,14H,(H,12,13). The average molecular weight is 319 g/mol. The minimum absolute atomic E-state index is 0.0425. The maximum absolute atomic E-state index is 11.5. The van der Waals surface area contributed by atoms with Gasteiger partial charge in [0.2, 0.25) is 0 Å². The summed E-state index contributed by atoms with van der Waals surface area (Å²) < 4.78 is 1.19. The first-order chi connectivity index (χ1) is 6.61. The van der Waals surface area contributed by atoms with E-state index in [0.717, 1.165) is 0 Å². The molecule has 0 aliphatic heterocycles. The van der Waals surface area contributed by atoms with Crippen molar-refractivity contribution in [1.82, 2.24) is 4.98 Å². The Morgan fingerprint density at radius 3 is 2.71 bits per heavy atom. The second kappa shape index (κ2) is 3.40. The van der Waals surface area contributed by atoms with Crippen LogP contribution in [0, 0.1) is 0 Å². The third-order valence-electron chi connectivity index (χ3n) is 1.91. The molecule has 1 aromatic heterocycles. The summed E-state index contributed by atoms with van der Waals surface area (Å²) in [6.07, 6.45) is 1.50. The fraction of sp³-hybridized carbons (Fsp3) is 0. The lowest BCUT2D eigenvalue weighted by Crippen LogP contribution is -2.01. The van der Waals surface area contributed by atoms with Gasteiger partial charge in [0.25, 0.3) is 0 Å². The average Bonchev–Trinajstić information content (AvgIpc) is 2.14. The molecule has 72 valence electrons. The number of rotatable bonds is 0. The molecule has 0 unspecified atom stereocenters. The Bertz CT molecular complexity index is 562. The van der Waals surface area contributed by atoms with Crippen molar-refractivity contribution < 1.29 is 5.11 Å². The number of benzene rings is 1. The Labute approximate surface area is 96.0 Å². The van der Waals surface area contributed by atoms with Crippen molar-refractivity contribution in [1.29, 1.82) is 0 Å². The molecule has 0 aliphatic rings. The minimum Gasteiger partial charge on any atom is -0.505 e. The lowest BCUT2D eigenvalue weighted by molar-refractivity contribution is 0.477. The summed E-state index contributed by atoms with van der Waals surface area (Å²) in [6.45, 7) is 0. The highest BCUT2D eigenvalue weighted by molar-refractivity contribution is 9.11. The number of phenolic OH excluding ortho intramolecular Hbond substituents is 1. The zero-order valence-electron chi connectivity index (χ0n) is 6.84. The van der Waals surface area contributed by atoms with Crippen molar-refractivity contribution in [3.63, 3.8) is 0 Å². The molecule has 0 radical (unpaired) electrons. The van der Waals surface area contributed by atoms with Gasteiger partial charge in [0.1, 0.15) is 0 Å². The number of pyridine rings is 1. The van der Waals surface area contributed by atoms with Crippen molar-refractivity contribution in [3.8, 4) is 5.75 Å². The predicted octanol–water partition coefficient (Wildman–Crippen LogP) is 2.76. The molecule has 0 spiro atoms. The molecule has 0 atom stereocenters. The number of nitrogens with one attached hydrogen (secondary N) is 1. The van der Waals surface area contributed by atoms with Crippen LogP contribution >= 0.6 is 31.9 Å². The Kier molecular flexibility index (Phi) is 2.36. The van der Waals surface area contributed by atoms with Crippen LogP contribution < -0.4 is 5.43 Å². The number of halogens is 2. The van der Waals surface area contributed by atoms with Crippen molar-refractivity contribution in [2.75, 3.05) is 0 Å². The Morgan fingerprint density at radius 2 is 2.00 bits per heavy atom. The van der Waals surface area contributed by atoms with Crippen LogP contribution in [0.2, 0.25) is 0 Å². The van der Waals surface area contributed by atoms with Crippen LogP contribution in [0.15, 0.2) is 32.1 Å². The molecule has 2 rings (SSSR count). The number of aromatic nitrogens is 1. The molecule has 5 heteroatoms. The van der Waals surface area contributed by atoms with E-state index in [1.54, 1.807) is 6.07 Å². The molecule has 0 saturated carbocycles. The summed E-state index contributed by atoms with van der Waals surface area (Å²) in [4.78, 5) is 14.3. The largest absolute Gasteiger partial charge is 0.505 e. The van der Waals surface area contributed by atoms with Crippen molar-refractivity contribution in [3.05, 3.63) is 37.5 Å². The molecule has 0 fully saturated rings. The maximum Gasteiger partial charge on any atom is 0.190 e. The third-order valence-corrected chi connectivity index (χ3v) is 3.14. The summed E-state index contributed by atoms with van der Waals surface area (Å²) in [5, 5.41) is 10.1. The normalized spacial score (nSPS) is 10.7. The van der Waals surface area contributed by atoms with Crippen LogP contribution in [-0.4, -0.2) is 10.1 Å². The fourth-order valence-electron chi connectivity index (χ4n) is 1.27. The summed E-state index contributed by atoms with van der Waals surface area (Å²) in [7, 11) is 0. The van der Waals surface area contributed by atoms with Crippen LogP contribution in [0.5, 0.6) is 5.75 Å². The molecular formula is C9H5Br2NO2. The van der Waals surface area contributed by atoms with E-state index in [1.165, 1.54) is 12.3 Å². The topological polar surface area (TPSA) is 53.1 Å². The minimum atomic E-state index is -0.131. The lowest BCUT2D eigenvalue weighted by atomic mass is 10.2. The molecular weight excluding hydrogens is 314 g/mol. The van der Waals surface area contributed by atoms with Gasteiger partial charge < -0.3 is 10.1 Å². The Morgan fingerprint density at radius 1 is 1.29 bits per heavy atom. The summed E-state index contributed by atoms with van der Waals surface area (Å²) in [5.41, 5.74) is 0.298. The Hall–Kier alpha value is -0.810.